The predicted molar refractivity (Wildman–Crippen MR) is 131 cm³/mol. The Morgan fingerprint density at radius 2 is 2.03 bits per heavy atom. The van der Waals surface area contributed by atoms with E-state index in [0.717, 1.165) is 54.3 Å². The van der Waals surface area contributed by atoms with Crippen LogP contribution < -0.4 is 0 Å². The van der Waals surface area contributed by atoms with Crippen molar-refractivity contribution in [1.29, 1.82) is 0 Å². The molecule has 1 aliphatic heterocycles. The number of hydrogen-bond acceptors (Lipinski definition) is 4. The number of piperidine rings is 1. The highest BCUT2D eigenvalue weighted by molar-refractivity contribution is 6.74. The molecule has 0 atom stereocenters. The minimum atomic E-state index is -1.90. The Bertz CT molecular complexity index is 953. The van der Waals surface area contributed by atoms with Gasteiger partial charge in [-0.05, 0) is 67.8 Å². The SMILES string of the molecule is C=CCc1ccc2c(CCC3CCN(C(=O)O)CC3)noc2c1CO[Si](C)(C)C(C)(C)C. The van der Waals surface area contributed by atoms with Crippen LogP contribution in [0.4, 0.5) is 4.79 Å². The monoisotopic (exact) mass is 458 g/mol. The summed E-state index contributed by atoms with van der Waals surface area (Å²) in [6.45, 7) is 17.0. The van der Waals surface area contributed by atoms with Gasteiger partial charge >= 0.3 is 6.09 Å². The van der Waals surface area contributed by atoms with E-state index in [2.05, 4.69) is 57.7 Å². The number of benzene rings is 1. The van der Waals surface area contributed by atoms with E-state index in [1.54, 1.807) is 0 Å². The first-order chi connectivity index (χ1) is 15.0. The maximum atomic E-state index is 11.1. The van der Waals surface area contributed by atoms with Crippen LogP contribution in [0.5, 0.6) is 0 Å². The van der Waals surface area contributed by atoms with Crippen LogP contribution >= 0.6 is 0 Å². The lowest BCUT2D eigenvalue weighted by Crippen LogP contribution is -2.40. The van der Waals surface area contributed by atoms with E-state index < -0.39 is 14.4 Å². The van der Waals surface area contributed by atoms with Gasteiger partial charge in [0, 0.05) is 24.0 Å². The average Bonchev–Trinajstić information content (AvgIpc) is 3.14. The fourth-order valence-corrected chi connectivity index (χ4v) is 5.00. The van der Waals surface area contributed by atoms with Crippen molar-refractivity contribution in [2.24, 2.45) is 5.92 Å². The molecule has 2 aromatic rings. The Morgan fingerprint density at radius 1 is 1.34 bits per heavy atom. The molecule has 176 valence electrons. The van der Waals surface area contributed by atoms with Gasteiger partial charge < -0.3 is 19.0 Å². The van der Waals surface area contributed by atoms with Crippen LogP contribution in [-0.4, -0.2) is 42.7 Å². The third kappa shape index (κ3) is 5.43. The number of hydrogen-bond donors (Lipinski definition) is 1. The third-order valence-corrected chi connectivity index (χ3v) is 11.8. The maximum Gasteiger partial charge on any atom is 0.407 e. The molecule has 32 heavy (non-hydrogen) atoms. The largest absolute Gasteiger partial charge is 0.465 e. The van der Waals surface area contributed by atoms with Gasteiger partial charge in [0.05, 0.1) is 12.3 Å². The van der Waals surface area contributed by atoms with Crippen molar-refractivity contribution in [3.63, 3.8) is 0 Å². The fraction of sp³-hybridized carbons (Fsp3) is 0.600. The Hall–Kier alpha value is -2.12. The summed E-state index contributed by atoms with van der Waals surface area (Å²) in [5.74, 6) is 0.527. The molecule has 1 aromatic carbocycles. The van der Waals surface area contributed by atoms with Crippen molar-refractivity contribution < 1.29 is 18.9 Å². The molecule has 0 radical (unpaired) electrons. The zero-order valence-electron chi connectivity index (χ0n) is 20.2. The van der Waals surface area contributed by atoms with E-state index in [0.29, 0.717) is 25.6 Å². The first-order valence-electron chi connectivity index (χ1n) is 11.6. The number of rotatable bonds is 8. The number of likely N-dealkylation sites (tertiary alicyclic amines) is 1. The van der Waals surface area contributed by atoms with Crippen LogP contribution in [0.15, 0.2) is 29.3 Å². The highest BCUT2D eigenvalue weighted by Crippen LogP contribution is 2.38. The van der Waals surface area contributed by atoms with Crippen LogP contribution in [0.1, 0.15) is 56.9 Å². The Morgan fingerprint density at radius 3 is 2.62 bits per heavy atom. The predicted octanol–water partition coefficient (Wildman–Crippen LogP) is 6.40. The molecule has 1 aromatic heterocycles. The summed E-state index contributed by atoms with van der Waals surface area (Å²) in [5, 5.41) is 14.8. The van der Waals surface area contributed by atoms with E-state index in [9.17, 15) is 4.79 Å². The average molecular weight is 459 g/mol. The second-order valence-corrected chi connectivity index (χ2v) is 15.3. The molecule has 0 bridgehead atoms. The molecule has 6 nitrogen and oxygen atoms in total. The molecule has 1 saturated heterocycles. The van der Waals surface area contributed by atoms with Crippen LogP contribution in [-0.2, 0) is 23.9 Å². The molecule has 0 spiro atoms. The van der Waals surface area contributed by atoms with E-state index in [4.69, 9.17) is 14.1 Å². The summed E-state index contributed by atoms with van der Waals surface area (Å²) in [6.07, 6.45) is 5.54. The number of fused-ring (bicyclic) bond motifs is 1. The molecule has 1 N–H and O–H groups in total. The smallest absolute Gasteiger partial charge is 0.407 e. The van der Waals surface area contributed by atoms with E-state index in [-0.39, 0.29) is 5.04 Å². The van der Waals surface area contributed by atoms with Crippen molar-refractivity contribution in [3.05, 3.63) is 41.6 Å². The second-order valence-electron chi connectivity index (χ2n) is 10.5. The minimum Gasteiger partial charge on any atom is -0.465 e. The van der Waals surface area contributed by atoms with E-state index in [1.807, 2.05) is 6.08 Å². The molecule has 1 aliphatic rings. The van der Waals surface area contributed by atoms with Gasteiger partial charge in [0.25, 0.3) is 0 Å². The standard InChI is InChI=1S/C25H38N2O4Si/c1-7-8-19-10-11-20-22(12-9-18-13-15-27(16-14-18)24(28)29)26-31-23(20)21(19)17-30-32(5,6)25(2,3)4/h7,10-11,18H,1,8-9,12-17H2,2-6H3,(H,28,29). The van der Waals surface area contributed by atoms with Gasteiger partial charge in [-0.15, -0.1) is 6.58 Å². The topological polar surface area (TPSA) is 75.8 Å². The highest BCUT2D eigenvalue weighted by Gasteiger charge is 2.37. The van der Waals surface area contributed by atoms with Crippen LogP contribution in [0.25, 0.3) is 11.0 Å². The van der Waals surface area contributed by atoms with Crippen LogP contribution in [0.2, 0.25) is 18.1 Å². The van der Waals surface area contributed by atoms with Crippen LogP contribution in [0, 0.1) is 5.92 Å². The third-order valence-electron chi connectivity index (χ3n) is 7.34. The molecular weight excluding hydrogens is 420 g/mol. The first kappa shape index (κ1) is 24.5. The lowest BCUT2D eigenvalue weighted by molar-refractivity contribution is 0.123. The molecule has 3 rings (SSSR count). The van der Waals surface area contributed by atoms with Crippen LogP contribution in [0.3, 0.4) is 0 Å². The second kappa shape index (κ2) is 9.79. The quantitative estimate of drug-likeness (QED) is 0.366. The summed E-state index contributed by atoms with van der Waals surface area (Å²) in [4.78, 5) is 12.6. The first-order valence-corrected chi connectivity index (χ1v) is 14.6. The van der Waals surface area contributed by atoms with Crippen molar-refractivity contribution in [3.8, 4) is 0 Å². The zero-order chi connectivity index (χ0) is 23.5. The zero-order valence-corrected chi connectivity index (χ0v) is 21.2. The normalized spacial score (nSPS) is 16.0. The molecule has 1 fully saturated rings. The fourth-order valence-electron chi connectivity index (χ4n) is 4.06. The molecule has 2 heterocycles. The van der Waals surface area contributed by atoms with Gasteiger partial charge in [0.2, 0.25) is 0 Å². The number of carboxylic acid groups (broad SMARTS) is 1. The number of aromatic nitrogens is 1. The maximum absolute atomic E-state index is 11.1. The molecule has 0 aliphatic carbocycles. The molecular formula is C25H38N2O4Si. The van der Waals surface area contributed by atoms with Gasteiger partial charge in [-0.25, -0.2) is 4.79 Å². The van der Waals surface area contributed by atoms with Crippen molar-refractivity contribution in [2.75, 3.05) is 13.1 Å². The minimum absolute atomic E-state index is 0.141. The summed E-state index contributed by atoms with van der Waals surface area (Å²) in [6, 6.07) is 4.27. The van der Waals surface area contributed by atoms with Gasteiger partial charge in [-0.3, -0.25) is 0 Å². The molecule has 7 heteroatoms. The van der Waals surface area contributed by atoms with Crippen molar-refractivity contribution in [2.45, 2.75) is 77.6 Å². The van der Waals surface area contributed by atoms with Gasteiger partial charge in [0.1, 0.15) is 0 Å². The van der Waals surface area contributed by atoms with Crippen molar-refractivity contribution >= 4 is 25.4 Å². The number of nitrogens with zero attached hydrogens (tertiary/aromatic N) is 2. The Kier molecular flexibility index (Phi) is 7.50. The van der Waals surface area contributed by atoms with E-state index in [1.165, 1.54) is 10.5 Å². The number of amides is 1. The lowest BCUT2D eigenvalue weighted by atomic mass is 9.91. The number of allylic oxidation sites excluding steroid dienone is 1. The highest BCUT2D eigenvalue weighted by atomic mass is 28.4. The molecule has 0 saturated carbocycles. The van der Waals surface area contributed by atoms with Gasteiger partial charge in [-0.1, -0.05) is 38.1 Å². The number of carbonyl (C=O) groups is 1. The summed E-state index contributed by atoms with van der Waals surface area (Å²) < 4.78 is 12.4. The summed E-state index contributed by atoms with van der Waals surface area (Å²) in [5.41, 5.74) is 4.08. The van der Waals surface area contributed by atoms with Gasteiger partial charge in [0.15, 0.2) is 13.9 Å². The summed E-state index contributed by atoms with van der Waals surface area (Å²) >= 11 is 0. The number of aryl methyl sites for hydroxylation is 1. The van der Waals surface area contributed by atoms with Gasteiger partial charge in [-0.2, -0.15) is 0 Å². The summed E-state index contributed by atoms with van der Waals surface area (Å²) in [7, 11) is -1.90. The lowest BCUT2D eigenvalue weighted by Gasteiger charge is -2.36. The Balaban J connectivity index is 1.76. The van der Waals surface area contributed by atoms with E-state index >= 15 is 0 Å². The molecule has 0 unspecified atom stereocenters. The Labute approximate surface area is 192 Å². The molecule has 1 amide bonds. The van der Waals surface area contributed by atoms with Crippen molar-refractivity contribution in [1.82, 2.24) is 10.1 Å².